The molecule has 3 heteroatoms. The molecule has 0 aliphatic heterocycles. The second-order valence-corrected chi connectivity index (χ2v) is 12.5. The van der Waals surface area contributed by atoms with E-state index in [1.165, 1.54) is 37.6 Å². The van der Waals surface area contributed by atoms with Crippen molar-refractivity contribution in [3.8, 4) is 0 Å². The molecule has 0 aromatic heterocycles. The van der Waals surface area contributed by atoms with E-state index in [9.17, 15) is 0 Å². The Kier molecular flexibility index (Phi) is 4.66. The molecule has 0 saturated heterocycles. The second kappa shape index (κ2) is 6.99. The average Bonchev–Trinajstić information content (AvgIpc) is 3.24. The fourth-order valence-corrected chi connectivity index (χ4v) is 4.11. The van der Waals surface area contributed by atoms with Crippen LogP contribution in [0.15, 0.2) is 54.3 Å². The minimum atomic E-state index is -1.56. The lowest BCUT2D eigenvalue weighted by atomic mass is 9.95. The van der Waals surface area contributed by atoms with Crippen LogP contribution in [0.3, 0.4) is 0 Å². The Labute approximate surface area is 161 Å². The summed E-state index contributed by atoms with van der Waals surface area (Å²) in [7, 11) is -1.56. The Morgan fingerprint density at radius 2 is 1.81 bits per heavy atom. The molecule has 0 heterocycles. The van der Waals surface area contributed by atoms with E-state index in [0.717, 1.165) is 12.2 Å². The Morgan fingerprint density at radius 3 is 2.59 bits per heavy atom. The van der Waals surface area contributed by atoms with Gasteiger partial charge in [-0.1, -0.05) is 42.5 Å². The highest BCUT2D eigenvalue weighted by Gasteiger charge is 2.18. The van der Waals surface area contributed by atoms with Gasteiger partial charge in [0.2, 0.25) is 0 Å². The third-order valence-corrected chi connectivity index (χ3v) is 6.00. The summed E-state index contributed by atoms with van der Waals surface area (Å²) in [6.45, 7) is 8.96. The number of allylic oxidation sites excluding steroid dienone is 3. The molecule has 138 valence electrons. The van der Waals surface area contributed by atoms with Gasteiger partial charge < -0.3 is 9.16 Å². The van der Waals surface area contributed by atoms with Crippen LogP contribution < -0.4 is 10.4 Å². The highest BCUT2D eigenvalue weighted by Crippen LogP contribution is 2.29. The van der Waals surface area contributed by atoms with Crippen molar-refractivity contribution in [2.45, 2.75) is 33.0 Å². The number of hydrogen-bond acceptors (Lipinski definition) is 2. The zero-order valence-electron chi connectivity index (χ0n) is 16.5. The van der Waals surface area contributed by atoms with E-state index >= 15 is 0 Å². The maximum atomic E-state index is 5.86. The number of fused-ring (bicyclic) bond motifs is 2. The van der Waals surface area contributed by atoms with Crippen LogP contribution in [0.25, 0.3) is 17.7 Å². The van der Waals surface area contributed by atoms with Crippen LogP contribution in [0.1, 0.15) is 24.5 Å². The first-order chi connectivity index (χ1) is 13.0. The van der Waals surface area contributed by atoms with Crippen molar-refractivity contribution in [3.05, 3.63) is 86.3 Å². The molecule has 2 aromatic rings. The highest BCUT2D eigenvalue weighted by atomic mass is 28.4. The van der Waals surface area contributed by atoms with Crippen molar-refractivity contribution < 1.29 is 9.16 Å². The molecular weight excluding hydrogens is 348 g/mol. The van der Waals surface area contributed by atoms with Gasteiger partial charge in [0.05, 0.1) is 0 Å². The third-order valence-electron chi connectivity index (χ3n) is 5.02. The summed E-state index contributed by atoms with van der Waals surface area (Å²) in [5, 5.41) is 5.22. The number of hydrogen-bond donors (Lipinski definition) is 0. The standard InChI is InChI=1S/C24H26O2Si/c1-5-17-11-13-22-21-9-7-6-8-18(21)15-23(22)24(17)19-10-12-20(14-19)25-16-26-27(2,3)4/h5-9,11-15H,10,16H2,1-4H3. The summed E-state index contributed by atoms with van der Waals surface area (Å²) >= 11 is 0. The SMILES string of the molecule is CC=c1ccc2c(c1C1=CC(OCO[Si](C)(C)C)=CC1)C=c1ccccc1=2. The predicted molar refractivity (Wildman–Crippen MR) is 115 cm³/mol. The van der Waals surface area contributed by atoms with E-state index in [1.54, 1.807) is 0 Å². The van der Waals surface area contributed by atoms with Crippen LogP contribution in [0.5, 0.6) is 0 Å². The molecule has 2 aliphatic carbocycles. The Balaban J connectivity index is 1.72. The van der Waals surface area contributed by atoms with Crippen molar-refractivity contribution in [2.75, 3.05) is 6.79 Å². The number of benzene rings is 2. The van der Waals surface area contributed by atoms with Gasteiger partial charge in [-0.25, -0.2) is 0 Å². The monoisotopic (exact) mass is 374 g/mol. The van der Waals surface area contributed by atoms with Crippen LogP contribution in [0.4, 0.5) is 0 Å². The molecule has 0 atom stereocenters. The fraction of sp³-hybridized carbons (Fsp3) is 0.250. The first-order valence-corrected chi connectivity index (χ1v) is 13.0. The summed E-state index contributed by atoms with van der Waals surface area (Å²) in [6.07, 6.45) is 9.74. The lowest BCUT2D eigenvalue weighted by Crippen LogP contribution is -2.26. The minimum absolute atomic E-state index is 0.336. The normalized spacial score (nSPS) is 15.8. The van der Waals surface area contributed by atoms with Crippen molar-refractivity contribution in [1.82, 2.24) is 0 Å². The van der Waals surface area contributed by atoms with E-state index in [4.69, 9.17) is 9.16 Å². The first kappa shape index (κ1) is 18.0. The van der Waals surface area contributed by atoms with E-state index in [-0.39, 0.29) is 0 Å². The van der Waals surface area contributed by atoms with Crippen LogP contribution in [0, 0.1) is 10.4 Å². The number of ether oxygens (including phenoxy) is 1. The fourth-order valence-electron chi connectivity index (χ4n) is 3.69. The van der Waals surface area contributed by atoms with Gasteiger partial charge in [0.1, 0.15) is 5.76 Å². The van der Waals surface area contributed by atoms with E-state index in [0.29, 0.717) is 6.79 Å². The van der Waals surface area contributed by atoms with Crippen LogP contribution in [-0.4, -0.2) is 15.1 Å². The molecule has 0 unspecified atom stereocenters. The Morgan fingerprint density at radius 1 is 1.00 bits per heavy atom. The largest absolute Gasteiger partial charge is 0.469 e. The van der Waals surface area contributed by atoms with Gasteiger partial charge in [-0.15, -0.1) is 0 Å². The zero-order valence-corrected chi connectivity index (χ0v) is 17.5. The lowest BCUT2D eigenvalue weighted by molar-refractivity contribution is 0.0619. The third kappa shape index (κ3) is 3.57. The van der Waals surface area contributed by atoms with Gasteiger partial charge in [0.15, 0.2) is 15.1 Å². The van der Waals surface area contributed by atoms with Gasteiger partial charge in [0, 0.05) is 0 Å². The van der Waals surface area contributed by atoms with E-state index in [1.807, 2.05) is 0 Å². The number of rotatable bonds is 5. The molecule has 0 amide bonds. The van der Waals surface area contributed by atoms with Gasteiger partial charge in [-0.2, -0.15) is 0 Å². The predicted octanol–water partition coefficient (Wildman–Crippen LogP) is 4.41. The quantitative estimate of drug-likeness (QED) is 0.486. The molecule has 2 aliphatic rings. The minimum Gasteiger partial charge on any atom is -0.469 e. The lowest BCUT2D eigenvalue weighted by Gasteiger charge is -2.17. The van der Waals surface area contributed by atoms with Crippen molar-refractivity contribution in [1.29, 1.82) is 0 Å². The molecule has 0 saturated carbocycles. The van der Waals surface area contributed by atoms with Crippen molar-refractivity contribution in [2.24, 2.45) is 0 Å². The van der Waals surface area contributed by atoms with Crippen LogP contribution >= 0.6 is 0 Å². The molecule has 2 aromatic carbocycles. The van der Waals surface area contributed by atoms with Gasteiger partial charge in [-0.05, 0) is 88.8 Å². The molecule has 0 fully saturated rings. The Bertz CT molecular complexity index is 1160. The van der Waals surface area contributed by atoms with E-state index in [2.05, 4.69) is 87.3 Å². The highest BCUT2D eigenvalue weighted by molar-refractivity contribution is 6.69. The molecule has 0 radical (unpaired) electrons. The molecular formula is C24H26O2Si. The summed E-state index contributed by atoms with van der Waals surface area (Å²) < 4.78 is 11.7. The molecule has 27 heavy (non-hydrogen) atoms. The van der Waals surface area contributed by atoms with Gasteiger partial charge in [0.25, 0.3) is 0 Å². The first-order valence-electron chi connectivity index (χ1n) is 9.54. The van der Waals surface area contributed by atoms with Crippen molar-refractivity contribution in [3.63, 3.8) is 0 Å². The molecule has 2 nitrogen and oxygen atoms in total. The summed E-state index contributed by atoms with van der Waals surface area (Å²) in [5.74, 6) is 0.915. The molecule has 0 spiro atoms. The summed E-state index contributed by atoms with van der Waals surface area (Å²) in [5.41, 5.74) is 3.96. The maximum Gasteiger partial charge on any atom is 0.188 e. The zero-order chi connectivity index (χ0) is 19.0. The summed E-state index contributed by atoms with van der Waals surface area (Å²) in [6, 6.07) is 13.1. The van der Waals surface area contributed by atoms with Crippen LogP contribution in [0.2, 0.25) is 19.6 Å². The second-order valence-electron chi connectivity index (χ2n) is 8.01. The van der Waals surface area contributed by atoms with Gasteiger partial charge in [-0.3, -0.25) is 0 Å². The topological polar surface area (TPSA) is 18.5 Å². The molecule has 0 bridgehead atoms. The summed E-state index contributed by atoms with van der Waals surface area (Å²) in [4.78, 5) is 0. The molecule has 0 N–H and O–H groups in total. The van der Waals surface area contributed by atoms with Gasteiger partial charge >= 0.3 is 0 Å². The maximum absolute atomic E-state index is 5.86. The smallest absolute Gasteiger partial charge is 0.188 e. The average molecular weight is 375 g/mol. The van der Waals surface area contributed by atoms with Crippen molar-refractivity contribution >= 4 is 26.0 Å². The van der Waals surface area contributed by atoms with E-state index < -0.39 is 8.32 Å². The molecule has 4 rings (SSSR count). The van der Waals surface area contributed by atoms with Crippen LogP contribution in [-0.2, 0) is 9.16 Å². The Hall–Kier alpha value is -2.36.